The second-order valence-electron chi connectivity index (χ2n) is 8.60. The van der Waals surface area contributed by atoms with Crippen molar-refractivity contribution in [3.63, 3.8) is 0 Å². The highest BCUT2D eigenvalue weighted by Gasteiger charge is 2.24. The van der Waals surface area contributed by atoms with Crippen molar-refractivity contribution in [2.24, 2.45) is 0 Å². The Balaban J connectivity index is 2.01. The van der Waals surface area contributed by atoms with E-state index in [1.165, 1.54) is 6.26 Å². The summed E-state index contributed by atoms with van der Waals surface area (Å²) < 4.78 is 25.3. The summed E-state index contributed by atoms with van der Waals surface area (Å²) in [5, 5.41) is 5.19. The number of fused-ring (bicyclic) bond motifs is 1. The molecule has 166 valence electrons. The molecule has 7 nitrogen and oxygen atoms in total. The molecule has 1 aromatic carbocycles. The summed E-state index contributed by atoms with van der Waals surface area (Å²) in [4.78, 5) is 20.2. The van der Waals surface area contributed by atoms with Crippen LogP contribution in [0.3, 0.4) is 0 Å². The van der Waals surface area contributed by atoms with E-state index < -0.39 is 9.84 Å². The quantitative estimate of drug-likeness (QED) is 0.566. The van der Waals surface area contributed by atoms with Crippen molar-refractivity contribution in [3.8, 4) is 0 Å². The number of carbonyl (C=O) groups is 1. The molecule has 0 fully saturated rings. The van der Waals surface area contributed by atoms with Gasteiger partial charge < -0.3 is 4.90 Å². The molecule has 8 heteroatoms. The molecule has 0 aliphatic carbocycles. The van der Waals surface area contributed by atoms with Crippen LogP contribution in [0.15, 0.2) is 41.4 Å². The molecule has 0 aliphatic rings. The number of hydrogen-bond donors (Lipinski definition) is 0. The third-order valence-electron chi connectivity index (χ3n) is 5.59. The molecule has 0 saturated carbocycles. The van der Waals surface area contributed by atoms with Gasteiger partial charge in [0.2, 0.25) is 0 Å². The Kier molecular flexibility index (Phi) is 6.23. The molecule has 31 heavy (non-hydrogen) atoms. The van der Waals surface area contributed by atoms with Gasteiger partial charge in [-0.15, -0.1) is 0 Å². The van der Waals surface area contributed by atoms with Gasteiger partial charge in [-0.3, -0.25) is 4.79 Å². The summed E-state index contributed by atoms with van der Waals surface area (Å²) in [5.41, 5.74) is 2.98. The molecule has 3 rings (SSSR count). The van der Waals surface area contributed by atoms with Gasteiger partial charge in [-0.1, -0.05) is 26.0 Å². The third-order valence-corrected chi connectivity index (χ3v) is 6.72. The van der Waals surface area contributed by atoms with Crippen LogP contribution in [0.4, 0.5) is 0 Å². The first kappa shape index (κ1) is 22.9. The molecule has 0 bridgehead atoms. The van der Waals surface area contributed by atoms with Crippen molar-refractivity contribution < 1.29 is 13.2 Å². The summed E-state index contributed by atoms with van der Waals surface area (Å²) in [5.74, 6) is 0.0371. The van der Waals surface area contributed by atoms with Crippen LogP contribution in [-0.4, -0.2) is 47.3 Å². The topological polar surface area (TPSA) is 85.2 Å². The van der Waals surface area contributed by atoms with Crippen molar-refractivity contribution in [1.82, 2.24) is 19.7 Å². The van der Waals surface area contributed by atoms with E-state index in [-0.39, 0.29) is 28.8 Å². The molecule has 0 spiro atoms. The Labute approximate surface area is 184 Å². The molecular weight excluding hydrogens is 412 g/mol. The maximum atomic E-state index is 13.5. The van der Waals surface area contributed by atoms with E-state index in [0.717, 1.165) is 16.6 Å². The fourth-order valence-electron chi connectivity index (χ4n) is 3.47. The lowest BCUT2D eigenvalue weighted by Crippen LogP contribution is -2.30. The Morgan fingerprint density at radius 1 is 1.06 bits per heavy atom. The highest BCUT2D eigenvalue weighted by molar-refractivity contribution is 7.90. The minimum Gasteiger partial charge on any atom is -0.335 e. The number of rotatable bonds is 6. The average Bonchev–Trinajstić information content (AvgIpc) is 3.15. The lowest BCUT2D eigenvalue weighted by atomic mass is 10.0. The summed E-state index contributed by atoms with van der Waals surface area (Å²) in [7, 11) is -1.51. The molecule has 2 heterocycles. The summed E-state index contributed by atoms with van der Waals surface area (Å²) in [6.07, 6.45) is 2.89. The first-order valence-corrected chi connectivity index (χ1v) is 12.3. The van der Waals surface area contributed by atoms with Crippen LogP contribution in [0.1, 0.15) is 74.2 Å². The monoisotopic (exact) mass is 442 g/mol. The van der Waals surface area contributed by atoms with E-state index in [1.54, 1.807) is 42.4 Å². The SMILES string of the molecule is CC(C)c1cc(C(=O)N(C)C(C)c2ccc(S(C)(=O)=O)cc2)c2cnn(C(C)C)c2n1. The number of hydrogen-bond acceptors (Lipinski definition) is 5. The summed E-state index contributed by atoms with van der Waals surface area (Å²) in [6, 6.07) is 8.40. The van der Waals surface area contributed by atoms with E-state index in [4.69, 9.17) is 4.98 Å². The van der Waals surface area contributed by atoms with Crippen LogP contribution < -0.4 is 0 Å². The van der Waals surface area contributed by atoms with Gasteiger partial charge in [-0.05, 0) is 50.5 Å². The third kappa shape index (κ3) is 4.49. The van der Waals surface area contributed by atoms with Crippen molar-refractivity contribution in [2.45, 2.75) is 57.5 Å². The second-order valence-corrected chi connectivity index (χ2v) is 10.6. The first-order chi connectivity index (χ1) is 14.4. The van der Waals surface area contributed by atoms with E-state index in [9.17, 15) is 13.2 Å². The zero-order chi connectivity index (χ0) is 23.1. The van der Waals surface area contributed by atoms with E-state index >= 15 is 0 Å². The molecule has 1 unspecified atom stereocenters. The number of benzene rings is 1. The predicted molar refractivity (Wildman–Crippen MR) is 122 cm³/mol. The number of pyridine rings is 1. The van der Waals surface area contributed by atoms with Crippen LogP contribution in [-0.2, 0) is 9.84 Å². The minimum absolute atomic E-state index is 0.125. The Morgan fingerprint density at radius 2 is 1.68 bits per heavy atom. The normalized spacial score (nSPS) is 13.2. The molecular formula is C23H30N4O3S. The maximum Gasteiger partial charge on any atom is 0.254 e. The van der Waals surface area contributed by atoms with Gasteiger partial charge in [0.1, 0.15) is 0 Å². The molecule has 0 radical (unpaired) electrons. The zero-order valence-electron chi connectivity index (χ0n) is 19.1. The molecule has 1 amide bonds. The molecule has 0 aliphatic heterocycles. The maximum absolute atomic E-state index is 13.5. The van der Waals surface area contributed by atoms with Crippen LogP contribution in [0, 0.1) is 0 Å². The zero-order valence-corrected chi connectivity index (χ0v) is 19.9. The van der Waals surface area contributed by atoms with Gasteiger partial charge >= 0.3 is 0 Å². The van der Waals surface area contributed by atoms with Gasteiger partial charge in [0.25, 0.3) is 5.91 Å². The average molecular weight is 443 g/mol. The molecule has 2 aromatic heterocycles. The fraction of sp³-hybridized carbons (Fsp3) is 0.435. The van der Waals surface area contributed by atoms with Crippen molar-refractivity contribution in [3.05, 3.63) is 53.3 Å². The number of sulfone groups is 1. The number of nitrogens with zero attached hydrogens (tertiary/aromatic N) is 4. The van der Waals surface area contributed by atoms with E-state index in [2.05, 4.69) is 5.10 Å². The van der Waals surface area contributed by atoms with E-state index in [0.29, 0.717) is 11.2 Å². The van der Waals surface area contributed by atoms with E-state index in [1.807, 2.05) is 45.4 Å². The van der Waals surface area contributed by atoms with Gasteiger partial charge in [0, 0.05) is 25.0 Å². The summed E-state index contributed by atoms with van der Waals surface area (Å²) >= 11 is 0. The predicted octanol–water partition coefficient (Wildman–Crippen LogP) is 4.37. The van der Waals surface area contributed by atoms with Crippen LogP contribution in [0.2, 0.25) is 0 Å². The van der Waals surface area contributed by atoms with Gasteiger partial charge in [-0.2, -0.15) is 5.10 Å². The second kappa shape index (κ2) is 8.42. The standard InChI is InChI=1S/C23H30N4O3S/c1-14(2)21-12-19(20-13-24-27(15(3)4)22(20)25-21)23(28)26(6)16(5)17-8-10-18(11-9-17)31(7,29)30/h8-16H,1-7H3. The highest BCUT2D eigenvalue weighted by atomic mass is 32.2. The Morgan fingerprint density at radius 3 is 2.19 bits per heavy atom. The van der Waals surface area contributed by atoms with Gasteiger partial charge in [0.05, 0.1) is 28.1 Å². The molecule has 0 N–H and O–H groups in total. The van der Waals surface area contributed by atoms with Crippen molar-refractivity contribution >= 4 is 26.8 Å². The first-order valence-electron chi connectivity index (χ1n) is 10.4. The van der Waals surface area contributed by atoms with Crippen molar-refractivity contribution in [2.75, 3.05) is 13.3 Å². The number of amides is 1. The van der Waals surface area contributed by atoms with Crippen LogP contribution in [0.5, 0.6) is 0 Å². The van der Waals surface area contributed by atoms with Gasteiger partial charge in [-0.25, -0.2) is 18.1 Å². The highest BCUT2D eigenvalue weighted by Crippen LogP contribution is 2.28. The lowest BCUT2D eigenvalue weighted by Gasteiger charge is -2.26. The lowest BCUT2D eigenvalue weighted by molar-refractivity contribution is 0.0744. The summed E-state index contributed by atoms with van der Waals surface area (Å²) in [6.45, 7) is 10.1. The minimum atomic E-state index is -3.26. The molecule has 3 aromatic rings. The largest absolute Gasteiger partial charge is 0.335 e. The number of aromatic nitrogens is 3. The number of carbonyl (C=O) groups excluding carboxylic acids is 1. The molecule has 0 saturated heterocycles. The van der Waals surface area contributed by atoms with Crippen molar-refractivity contribution in [1.29, 1.82) is 0 Å². The Bertz CT molecular complexity index is 1210. The fourth-order valence-corrected chi connectivity index (χ4v) is 4.10. The Hall–Kier alpha value is -2.74. The molecule has 1 atom stereocenters. The van der Waals surface area contributed by atoms with Crippen LogP contribution in [0.25, 0.3) is 11.0 Å². The van der Waals surface area contributed by atoms with Gasteiger partial charge in [0.15, 0.2) is 15.5 Å². The van der Waals surface area contributed by atoms with Crippen LogP contribution >= 0.6 is 0 Å². The smallest absolute Gasteiger partial charge is 0.254 e.